The van der Waals surface area contributed by atoms with Crippen LogP contribution < -0.4 is 5.32 Å². The van der Waals surface area contributed by atoms with Crippen molar-refractivity contribution in [2.45, 2.75) is 18.9 Å². The molecule has 1 atom stereocenters. The van der Waals surface area contributed by atoms with Gasteiger partial charge in [-0.1, -0.05) is 48.0 Å². The third-order valence-electron chi connectivity index (χ3n) is 4.63. The van der Waals surface area contributed by atoms with Crippen molar-refractivity contribution in [3.05, 3.63) is 71.4 Å². The molecule has 5 nitrogen and oxygen atoms in total. The van der Waals surface area contributed by atoms with E-state index in [1.807, 2.05) is 54.6 Å². The van der Waals surface area contributed by atoms with Crippen molar-refractivity contribution in [3.63, 3.8) is 0 Å². The van der Waals surface area contributed by atoms with E-state index < -0.39 is 0 Å². The topological polar surface area (TPSA) is 56.1 Å². The minimum atomic E-state index is -0.155. The number of carbonyl (C=O) groups excluding carboxylic acids is 1. The fourth-order valence-corrected chi connectivity index (χ4v) is 3.48. The molecule has 1 amide bonds. The van der Waals surface area contributed by atoms with Gasteiger partial charge in [0.2, 0.25) is 0 Å². The van der Waals surface area contributed by atoms with Crippen LogP contribution in [0.1, 0.15) is 23.2 Å². The van der Waals surface area contributed by atoms with E-state index in [2.05, 4.69) is 10.4 Å². The summed E-state index contributed by atoms with van der Waals surface area (Å²) in [5.41, 5.74) is 2.98. The van der Waals surface area contributed by atoms with Crippen molar-refractivity contribution < 1.29 is 9.53 Å². The molecule has 27 heavy (non-hydrogen) atoms. The first-order valence-electron chi connectivity index (χ1n) is 9.01. The molecular weight excluding hydrogens is 362 g/mol. The molecule has 0 saturated carbocycles. The summed E-state index contributed by atoms with van der Waals surface area (Å²) in [6, 6.07) is 17.2. The van der Waals surface area contributed by atoms with Crippen LogP contribution in [0.4, 0.5) is 0 Å². The number of nitrogens with zero attached hydrogens (tertiary/aromatic N) is 2. The SMILES string of the molecule is O=C(NC[C@H]1CCCO1)c1cnn(-c2cccc(Cl)c2)c1-c1ccccc1. The lowest BCUT2D eigenvalue weighted by molar-refractivity contribution is 0.0858. The minimum Gasteiger partial charge on any atom is -0.376 e. The van der Waals surface area contributed by atoms with Crippen molar-refractivity contribution in [2.24, 2.45) is 0 Å². The molecule has 1 fully saturated rings. The van der Waals surface area contributed by atoms with E-state index in [9.17, 15) is 4.79 Å². The molecule has 6 heteroatoms. The molecule has 0 spiro atoms. The zero-order valence-corrected chi connectivity index (χ0v) is 15.5. The van der Waals surface area contributed by atoms with Crippen LogP contribution in [0.15, 0.2) is 60.8 Å². The van der Waals surface area contributed by atoms with Crippen LogP contribution in [0.25, 0.3) is 16.9 Å². The van der Waals surface area contributed by atoms with E-state index in [-0.39, 0.29) is 12.0 Å². The summed E-state index contributed by atoms with van der Waals surface area (Å²) in [4.78, 5) is 12.9. The first-order chi connectivity index (χ1) is 13.2. The number of ether oxygens (including phenoxy) is 1. The third kappa shape index (κ3) is 3.89. The van der Waals surface area contributed by atoms with Gasteiger partial charge in [0.05, 0.1) is 29.2 Å². The van der Waals surface area contributed by atoms with E-state index >= 15 is 0 Å². The van der Waals surface area contributed by atoms with Gasteiger partial charge in [-0.15, -0.1) is 0 Å². The Balaban J connectivity index is 1.70. The Morgan fingerprint density at radius 1 is 1.22 bits per heavy atom. The molecule has 0 unspecified atom stereocenters. The fraction of sp³-hybridized carbons (Fsp3) is 0.238. The van der Waals surface area contributed by atoms with Gasteiger partial charge >= 0.3 is 0 Å². The van der Waals surface area contributed by atoms with Gasteiger partial charge in [0.15, 0.2) is 0 Å². The number of aromatic nitrogens is 2. The molecule has 1 aliphatic heterocycles. The zero-order valence-electron chi connectivity index (χ0n) is 14.8. The summed E-state index contributed by atoms with van der Waals surface area (Å²) in [5, 5.41) is 8.07. The Bertz CT molecular complexity index is 934. The normalized spacial score (nSPS) is 16.4. The average Bonchev–Trinajstić information content (AvgIpc) is 3.36. The van der Waals surface area contributed by atoms with Gasteiger partial charge in [-0.25, -0.2) is 4.68 Å². The van der Waals surface area contributed by atoms with Gasteiger partial charge in [0, 0.05) is 23.7 Å². The van der Waals surface area contributed by atoms with Crippen LogP contribution in [0.2, 0.25) is 5.02 Å². The lowest BCUT2D eigenvalue weighted by Gasteiger charge is -2.13. The van der Waals surface area contributed by atoms with Gasteiger partial charge < -0.3 is 10.1 Å². The maximum atomic E-state index is 12.9. The number of hydrogen-bond acceptors (Lipinski definition) is 3. The second-order valence-corrected chi connectivity index (χ2v) is 6.95. The van der Waals surface area contributed by atoms with Crippen molar-refractivity contribution in [1.82, 2.24) is 15.1 Å². The molecule has 1 N–H and O–H groups in total. The highest BCUT2D eigenvalue weighted by Gasteiger charge is 2.22. The van der Waals surface area contributed by atoms with Crippen LogP contribution >= 0.6 is 11.6 Å². The summed E-state index contributed by atoms with van der Waals surface area (Å²) >= 11 is 6.15. The summed E-state index contributed by atoms with van der Waals surface area (Å²) in [5.74, 6) is -0.155. The Kier molecular flexibility index (Phi) is 5.23. The number of carbonyl (C=O) groups is 1. The smallest absolute Gasteiger partial charge is 0.255 e. The Hall–Kier alpha value is -2.63. The minimum absolute atomic E-state index is 0.0945. The number of amides is 1. The average molecular weight is 382 g/mol. The molecule has 1 aliphatic rings. The highest BCUT2D eigenvalue weighted by molar-refractivity contribution is 6.30. The zero-order chi connectivity index (χ0) is 18.6. The number of rotatable bonds is 5. The first kappa shape index (κ1) is 17.8. The standard InChI is InChI=1S/C21H20ClN3O2/c22-16-8-4-9-17(12-16)25-20(15-6-2-1-3-7-15)19(14-24-25)21(26)23-13-18-10-5-11-27-18/h1-4,6-9,12,14,18H,5,10-11,13H2,(H,23,26)/t18-/m1/s1. The molecule has 1 aromatic heterocycles. The molecule has 138 valence electrons. The predicted octanol–water partition coefficient (Wildman–Crippen LogP) is 4.10. The number of halogens is 1. The van der Waals surface area contributed by atoms with E-state index in [0.29, 0.717) is 17.1 Å². The van der Waals surface area contributed by atoms with Crippen LogP contribution in [-0.2, 0) is 4.74 Å². The van der Waals surface area contributed by atoms with E-state index in [4.69, 9.17) is 16.3 Å². The van der Waals surface area contributed by atoms with Crippen molar-refractivity contribution >= 4 is 17.5 Å². The van der Waals surface area contributed by atoms with Gasteiger partial charge in [0.25, 0.3) is 5.91 Å². The first-order valence-corrected chi connectivity index (χ1v) is 9.39. The van der Waals surface area contributed by atoms with Crippen molar-refractivity contribution in [1.29, 1.82) is 0 Å². The van der Waals surface area contributed by atoms with Crippen molar-refractivity contribution in [3.8, 4) is 16.9 Å². The van der Waals surface area contributed by atoms with Gasteiger partial charge in [0.1, 0.15) is 0 Å². The van der Waals surface area contributed by atoms with E-state index in [0.717, 1.165) is 36.4 Å². The maximum Gasteiger partial charge on any atom is 0.255 e. The molecule has 0 radical (unpaired) electrons. The lowest BCUT2D eigenvalue weighted by atomic mass is 10.1. The molecular formula is C21H20ClN3O2. The molecule has 0 aliphatic carbocycles. The largest absolute Gasteiger partial charge is 0.376 e. The molecule has 3 aromatic rings. The van der Waals surface area contributed by atoms with Gasteiger partial charge in [-0.3, -0.25) is 4.79 Å². The van der Waals surface area contributed by atoms with E-state index in [1.54, 1.807) is 10.9 Å². The third-order valence-corrected chi connectivity index (χ3v) is 4.86. The molecule has 4 rings (SSSR count). The Labute approximate surface area is 162 Å². The van der Waals surface area contributed by atoms with Crippen molar-refractivity contribution in [2.75, 3.05) is 13.2 Å². The maximum absolute atomic E-state index is 12.9. The monoisotopic (exact) mass is 381 g/mol. The summed E-state index contributed by atoms with van der Waals surface area (Å²) in [6.45, 7) is 1.28. The van der Waals surface area contributed by atoms with Crippen LogP contribution in [0.5, 0.6) is 0 Å². The number of benzene rings is 2. The highest BCUT2D eigenvalue weighted by atomic mass is 35.5. The highest BCUT2D eigenvalue weighted by Crippen LogP contribution is 2.27. The Morgan fingerprint density at radius 2 is 2.07 bits per heavy atom. The second kappa shape index (κ2) is 7.94. The summed E-state index contributed by atoms with van der Waals surface area (Å²) in [6.07, 6.45) is 3.72. The fourth-order valence-electron chi connectivity index (χ4n) is 3.30. The lowest BCUT2D eigenvalue weighted by Crippen LogP contribution is -2.31. The summed E-state index contributed by atoms with van der Waals surface area (Å²) in [7, 11) is 0. The van der Waals surface area contributed by atoms with Crippen LogP contribution in [0, 0.1) is 0 Å². The Morgan fingerprint density at radius 3 is 2.81 bits per heavy atom. The van der Waals surface area contributed by atoms with Gasteiger partial charge in [-0.2, -0.15) is 5.10 Å². The molecule has 1 saturated heterocycles. The van der Waals surface area contributed by atoms with Crippen LogP contribution in [0.3, 0.4) is 0 Å². The van der Waals surface area contributed by atoms with E-state index in [1.165, 1.54) is 0 Å². The molecule has 0 bridgehead atoms. The van der Waals surface area contributed by atoms with Gasteiger partial charge in [-0.05, 0) is 31.0 Å². The summed E-state index contributed by atoms with van der Waals surface area (Å²) < 4.78 is 7.34. The molecule has 2 aromatic carbocycles. The van der Waals surface area contributed by atoms with Crippen LogP contribution in [-0.4, -0.2) is 34.9 Å². The predicted molar refractivity (Wildman–Crippen MR) is 105 cm³/mol. The molecule has 2 heterocycles. The quantitative estimate of drug-likeness (QED) is 0.723. The number of nitrogens with one attached hydrogen (secondary N) is 1. The second-order valence-electron chi connectivity index (χ2n) is 6.51. The number of hydrogen-bond donors (Lipinski definition) is 1.